The second kappa shape index (κ2) is 12.0. The van der Waals surface area contributed by atoms with E-state index in [9.17, 15) is 8.78 Å². The van der Waals surface area contributed by atoms with E-state index in [2.05, 4.69) is 13.0 Å². The highest BCUT2D eigenvalue weighted by Crippen LogP contribution is 2.44. The average molecular weight is 407 g/mol. The SMILES string of the molecule is CCCCCC1CCC(C2CCC(c3ccc(CCOCF)c(F)c3)CC2)CC1. The molecule has 1 aromatic rings. The van der Waals surface area contributed by atoms with Crippen molar-refractivity contribution < 1.29 is 13.5 Å². The summed E-state index contributed by atoms with van der Waals surface area (Å²) in [5.74, 6) is 3.17. The maximum atomic E-state index is 14.4. The second-order valence-corrected chi connectivity index (χ2v) is 9.51. The number of benzene rings is 1. The highest BCUT2D eigenvalue weighted by Gasteiger charge is 2.31. The van der Waals surface area contributed by atoms with Crippen molar-refractivity contribution in [2.45, 2.75) is 96.3 Å². The standard InChI is InChI=1S/C26H40F2O/c1-2-3-4-5-20-6-8-21(9-7-20)22-10-12-23(13-11-22)25-15-14-24(26(28)18-25)16-17-29-19-27/h14-15,18,20-23H,2-13,16-17,19H2,1H3. The summed E-state index contributed by atoms with van der Waals surface area (Å²) < 4.78 is 31.1. The maximum absolute atomic E-state index is 14.4. The van der Waals surface area contributed by atoms with Gasteiger partial charge in [0.2, 0.25) is 0 Å². The summed E-state index contributed by atoms with van der Waals surface area (Å²) >= 11 is 0. The molecule has 0 aromatic heterocycles. The molecule has 2 aliphatic carbocycles. The van der Waals surface area contributed by atoms with Crippen molar-refractivity contribution in [3.05, 3.63) is 35.1 Å². The zero-order valence-corrected chi connectivity index (χ0v) is 18.3. The van der Waals surface area contributed by atoms with Gasteiger partial charge in [0, 0.05) is 0 Å². The van der Waals surface area contributed by atoms with Crippen LogP contribution in [0.25, 0.3) is 0 Å². The number of unbranched alkanes of at least 4 members (excludes halogenated alkanes) is 2. The first-order valence-electron chi connectivity index (χ1n) is 12.1. The van der Waals surface area contributed by atoms with Gasteiger partial charge >= 0.3 is 0 Å². The molecular formula is C26H40F2O. The average Bonchev–Trinajstić information content (AvgIpc) is 2.76. The molecule has 0 N–H and O–H groups in total. The Morgan fingerprint density at radius 1 is 0.931 bits per heavy atom. The van der Waals surface area contributed by atoms with Crippen LogP contribution in [-0.4, -0.2) is 13.5 Å². The third-order valence-corrected chi connectivity index (χ3v) is 7.69. The summed E-state index contributed by atoms with van der Waals surface area (Å²) in [5, 5.41) is 0. The highest BCUT2D eigenvalue weighted by molar-refractivity contribution is 5.27. The third-order valence-electron chi connectivity index (χ3n) is 7.69. The molecule has 0 aliphatic heterocycles. The van der Waals surface area contributed by atoms with Crippen LogP contribution in [0.1, 0.15) is 101 Å². The largest absolute Gasteiger partial charge is 0.350 e. The molecule has 3 heteroatoms. The molecule has 1 aromatic carbocycles. The van der Waals surface area contributed by atoms with Crippen LogP contribution in [0.15, 0.2) is 18.2 Å². The summed E-state index contributed by atoms with van der Waals surface area (Å²) in [6, 6.07) is 5.68. The molecule has 2 fully saturated rings. The lowest BCUT2D eigenvalue weighted by Gasteiger charge is -2.38. The maximum Gasteiger partial charge on any atom is 0.188 e. The van der Waals surface area contributed by atoms with Crippen molar-refractivity contribution >= 4 is 0 Å². The van der Waals surface area contributed by atoms with Gasteiger partial charge in [-0.05, 0) is 85.8 Å². The van der Waals surface area contributed by atoms with Gasteiger partial charge in [0.25, 0.3) is 0 Å². The van der Waals surface area contributed by atoms with Gasteiger partial charge in [0.05, 0.1) is 6.61 Å². The Morgan fingerprint density at radius 3 is 2.24 bits per heavy atom. The fourth-order valence-corrected chi connectivity index (χ4v) is 5.81. The summed E-state index contributed by atoms with van der Waals surface area (Å²) in [6.07, 6.45) is 16.8. The van der Waals surface area contributed by atoms with Gasteiger partial charge in [-0.25, -0.2) is 8.78 Å². The number of hydrogen-bond acceptors (Lipinski definition) is 1. The summed E-state index contributed by atoms with van der Waals surface area (Å²) in [7, 11) is 0. The Morgan fingerprint density at radius 2 is 1.62 bits per heavy atom. The molecule has 0 unspecified atom stereocenters. The Bertz CT molecular complexity index is 586. The number of rotatable bonds is 10. The molecule has 2 saturated carbocycles. The fraction of sp³-hybridized carbons (Fsp3) is 0.769. The summed E-state index contributed by atoms with van der Waals surface area (Å²) in [4.78, 5) is 0. The quantitative estimate of drug-likeness (QED) is 0.358. The van der Waals surface area contributed by atoms with Crippen LogP contribution in [0.2, 0.25) is 0 Å². The van der Waals surface area contributed by atoms with Crippen LogP contribution in [0, 0.1) is 23.6 Å². The third kappa shape index (κ3) is 6.77. The van der Waals surface area contributed by atoms with Crippen molar-refractivity contribution in [2.24, 2.45) is 17.8 Å². The van der Waals surface area contributed by atoms with E-state index in [4.69, 9.17) is 4.74 Å². The van der Waals surface area contributed by atoms with E-state index in [-0.39, 0.29) is 12.4 Å². The molecule has 0 spiro atoms. The molecule has 3 rings (SSSR count). The Hall–Kier alpha value is -0.960. The van der Waals surface area contributed by atoms with E-state index >= 15 is 0 Å². The molecule has 0 radical (unpaired) electrons. The van der Waals surface area contributed by atoms with Crippen molar-refractivity contribution in [3.63, 3.8) is 0 Å². The van der Waals surface area contributed by atoms with Gasteiger partial charge in [-0.3, -0.25) is 0 Å². The van der Waals surface area contributed by atoms with Crippen molar-refractivity contribution in [1.29, 1.82) is 0 Å². The van der Waals surface area contributed by atoms with Crippen molar-refractivity contribution in [3.8, 4) is 0 Å². The van der Waals surface area contributed by atoms with Gasteiger partial charge in [-0.2, -0.15) is 0 Å². The zero-order chi connectivity index (χ0) is 20.5. The lowest BCUT2D eigenvalue weighted by molar-refractivity contribution is 0.0597. The predicted octanol–water partition coefficient (Wildman–Crippen LogP) is 7.97. The van der Waals surface area contributed by atoms with Gasteiger partial charge in [-0.1, -0.05) is 57.6 Å². The topological polar surface area (TPSA) is 9.23 Å². The molecule has 29 heavy (non-hydrogen) atoms. The van der Waals surface area contributed by atoms with E-state index in [0.717, 1.165) is 23.3 Å². The lowest BCUT2D eigenvalue weighted by Crippen LogP contribution is -2.25. The minimum Gasteiger partial charge on any atom is -0.350 e. The first kappa shape index (κ1) is 22.7. The van der Waals surface area contributed by atoms with Gasteiger partial charge in [0.15, 0.2) is 6.86 Å². The number of ether oxygens (including phenoxy) is 1. The van der Waals surface area contributed by atoms with Crippen LogP contribution in [0.4, 0.5) is 8.78 Å². The van der Waals surface area contributed by atoms with Crippen LogP contribution < -0.4 is 0 Å². The van der Waals surface area contributed by atoms with Crippen molar-refractivity contribution in [1.82, 2.24) is 0 Å². The monoisotopic (exact) mass is 406 g/mol. The zero-order valence-electron chi connectivity index (χ0n) is 18.3. The van der Waals surface area contributed by atoms with Crippen LogP contribution in [0.3, 0.4) is 0 Å². The normalized spacial score (nSPS) is 27.8. The molecule has 164 valence electrons. The second-order valence-electron chi connectivity index (χ2n) is 9.51. The number of alkyl halides is 1. The first-order valence-corrected chi connectivity index (χ1v) is 12.1. The minimum atomic E-state index is -0.802. The van der Waals surface area contributed by atoms with Crippen molar-refractivity contribution in [2.75, 3.05) is 13.5 Å². The summed E-state index contributed by atoms with van der Waals surface area (Å²) in [6.45, 7) is 1.72. The van der Waals surface area contributed by atoms with Crippen LogP contribution >= 0.6 is 0 Å². The van der Waals surface area contributed by atoms with E-state index in [1.165, 1.54) is 77.0 Å². The number of halogens is 2. The molecule has 0 saturated heterocycles. The Kier molecular flexibility index (Phi) is 9.42. The number of hydrogen-bond donors (Lipinski definition) is 0. The highest BCUT2D eigenvalue weighted by atomic mass is 19.1. The van der Waals surface area contributed by atoms with Gasteiger partial charge < -0.3 is 4.74 Å². The van der Waals surface area contributed by atoms with Crippen LogP contribution in [-0.2, 0) is 11.2 Å². The summed E-state index contributed by atoms with van der Waals surface area (Å²) in [5.41, 5.74) is 1.78. The molecule has 0 heterocycles. The molecular weight excluding hydrogens is 366 g/mol. The Labute approximate surface area is 176 Å². The van der Waals surface area contributed by atoms with E-state index in [1.54, 1.807) is 6.07 Å². The van der Waals surface area contributed by atoms with Gasteiger partial charge in [0.1, 0.15) is 5.82 Å². The molecule has 2 aliphatic rings. The Balaban J connectivity index is 1.42. The van der Waals surface area contributed by atoms with Crippen LogP contribution in [0.5, 0.6) is 0 Å². The molecule has 0 amide bonds. The fourth-order valence-electron chi connectivity index (χ4n) is 5.81. The van der Waals surface area contributed by atoms with E-state index < -0.39 is 6.86 Å². The van der Waals surface area contributed by atoms with E-state index in [1.807, 2.05) is 6.07 Å². The predicted molar refractivity (Wildman–Crippen MR) is 116 cm³/mol. The molecule has 0 bridgehead atoms. The molecule has 1 nitrogen and oxygen atoms in total. The lowest BCUT2D eigenvalue weighted by atomic mass is 9.68. The van der Waals surface area contributed by atoms with E-state index in [0.29, 0.717) is 17.9 Å². The van der Waals surface area contributed by atoms with Gasteiger partial charge in [-0.15, -0.1) is 0 Å². The first-order chi connectivity index (χ1) is 14.2. The molecule has 0 atom stereocenters. The smallest absolute Gasteiger partial charge is 0.188 e. The minimum absolute atomic E-state index is 0.159.